The fourth-order valence-corrected chi connectivity index (χ4v) is 1.08. The molecule has 0 bridgehead atoms. The van der Waals surface area contributed by atoms with Gasteiger partial charge in [-0.2, -0.15) is 0 Å². The molecule has 1 atom stereocenters. The van der Waals surface area contributed by atoms with E-state index in [1.165, 1.54) is 0 Å². The fraction of sp³-hybridized carbons (Fsp3) is 0.200. The van der Waals surface area contributed by atoms with E-state index in [0.717, 1.165) is 5.56 Å². The van der Waals surface area contributed by atoms with Crippen molar-refractivity contribution in [1.29, 1.82) is 0 Å². The van der Waals surface area contributed by atoms with Gasteiger partial charge in [-0.1, -0.05) is 48.9 Å². The molecule has 1 unspecified atom stereocenters. The molecule has 0 radical (unpaired) electrons. The largest absolute Gasteiger partial charge is 0.0930 e. The molecule has 0 aliphatic carbocycles. The second kappa shape index (κ2) is 4.33. The molecule has 1 aromatic carbocycles. The van der Waals surface area contributed by atoms with Crippen LogP contribution in [-0.2, 0) is 0 Å². The van der Waals surface area contributed by atoms with Crippen molar-refractivity contribution in [2.45, 2.75) is 12.8 Å². The van der Waals surface area contributed by atoms with E-state index in [0.29, 0.717) is 5.70 Å². The highest BCUT2D eigenvalue weighted by atomic mass is 15.1. The molecule has 0 fully saturated rings. The summed E-state index contributed by atoms with van der Waals surface area (Å²) in [5.41, 5.74) is 9.89. The second-order valence-corrected chi connectivity index (χ2v) is 2.81. The maximum absolute atomic E-state index is 8.23. The number of nitrogens with zero attached hydrogens (tertiary/aromatic N) is 3. The summed E-state index contributed by atoms with van der Waals surface area (Å²) >= 11 is 0. The number of hydrogen-bond acceptors (Lipinski definition) is 1. The van der Waals surface area contributed by atoms with Crippen LogP contribution in [0.3, 0.4) is 0 Å². The highest BCUT2D eigenvalue weighted by molar-refractivity contribution is 5.25. The van der Waals surface area contributed by atoms with Crippen molar-refractivity contribution in [1.82, 2.24) is 0 Å². The lowest BCUT2D eigenvalue weighted by atomic mass is 9.99. The molecular weight excluding hydrogens is 162 g/mol. The van der Waals surface area contributed by atoms with E-state index in [9.17, 15) is 0 Å². The first kappa shape index (κ1) is 9.36. The van der Waals surface area contributed by atoms with Crippen LogP contribution in [0.2, 0.25) is 0 Å². The van der Waals surface area contributed by atoms with E-state index >= 15 is 0 Å². The van der Waals surface area contributed by atoms with Crippen molar-refractivity contribution in [3.63, 3.8) is 0 Å². The molecule has 13 heavy (non-hydrogen) atoms. The molecule has 0 N–H and O–H groups in total. The molecule has 3 nitrogen and oxygen atoms in total. The van der Waals surface area contributed by atoms with Gasteiger partial charge in [-0.05, 0) is 11.1 Å². The van der Waals surface area contributed by atoms with Gasteiger partial charge < -0.3 is 0 Å². The smallest absolute Gasteiger partial charge is 0.0151 e. The molecule has 0 aromatic heterocycles. The molecular formula is C10H11N3. The maximum Gasteiger partial charge on any atom is 0.0151 e. The molecule has 0 aliphatic rings. The van der Waals surface area contributed by atoms with Crippen LogP contribution in [0.4, 0.5) is 0 Å². The first-order valence-corrected chi connectivity index (χ1v) is 4.04. The Morgan fingerprint density at radius 1 is 1.46 bits per heavy atom. The van der Waals surface area contributed by atoms with Crippen LogP contribution in [0.15, 0.2) is 47.7 Å². The number of allylic oxidation sites excluding steroid dienone is 1. The molecule has 0 saturated heterocycles. The molecule has 0 saturated carbocycles. The van der Waals surface area contributed by atoms with E-state index < -0.39 is 0 Å². The molecule has 0 heterocycles. The van der Waals surface area contributed by atoms with E-state index in [-0.39, 0.29) is 5.92 Å². The summed E-state index contributed by atoms with van der Waals surface area (Å²) in [6.07, 6.45) is 0. The zero-order valence-corrected chi connectivity index (χ0v) is 7.51. The summed E-state index contributed by atoms with van der Waals surface area (Å²) in [6, 6.07) is 9.84. The quantitative estimate of drug-likeness (QED) is 0.381. The van der Waals surface area contributed by atoms with Gasteiger partial charge in [0.25, 0.3) is 0 Å². The van der Waals surface area contributed by atoms with Crippen molar-refractivity contribution >= 4 is 0 Å². The predicted octanol–water partition coefficient (Wildman–Crippen LogP) is 3.61. The summed E-state index contributed by atoms with van der Waals surface area (Å²) in [4.78, 5) is 2.71. The molecule has 0 aliphatic heterocycles. The Labute approximate surface area is 77.3 Å². The molecule has 1 rings (SSSR count). The minimum absolute atomic E-state index is 0.0806. The molecule has 0 amide bonds. The molecule has 3 heteroatoms. The van der Waals surface area contributed by atoms with E-state index in [4.69, 9.17) is 5.53 Å². The molecule has 1 aromatic rings. The Bertz CT molecular complexity index is 336. The van der Waals surface area contributed by atoms with Crippen molar-refractivity contribution in [2.24, 2.45) is 5.11 Å². The zero-order valence-electron chi connectivity index (χ0n) is 7.51. The Morgan fingerprint density at radius 2 is 2.08 bits per heavy atom. The minimum atomic E-state index is 0.0806. The van der Waals surface area contributed by atoms with Crippen LogP contribution < -0.4 is 0 Å². The van der Waals surface area contributed by atoms with Crippen molar-refractivity contribution in [2.75, 3.05) is 0 Å². The van der Waals surface area contributed by atoms with Crippen LogP contribution in [0.1, 0.15) is 18.4 Å². The van der Waals surface area contributed by atoms with Gasteiger partial charge in [-0.15, -0.1) is 0 Å². The normalized spacial score (nSPS) is 11.5. The number of rotatable bonds is 3. The zero-order chi connectivity index (χ0) is 9.68. The van der Waals surface area contributed by atoms with Crippen LogP contribution in [0.25, 0.3) is 10.4 Å². The summed E-state index contributed by atoms with van der Waals surface area (Å²) in [5, 5.41) is 3.49. The predicted molar refractivity (Wildman–Crippen MR) is 53.1 cm³/mol. The van der Waals surface area contributed by atoms with Gasteiger partial charge in [0, 0.05) is 16.5 Å². The van der Waals surface area contributed by atoms with Crippen LogP contribution in [0.5, 0.6) is 0 Å². The Morgan fingerprint density at radius 3 is 2.62 bits per heavy atom. The SMILES string of the molecule is C=C(N=[N+]=[N-])C(C)c1ccccc1. The van der Waals surface area contributed by atoms with Gasteiger partial charge in [-0.25, -0.2) is 0 Å². The Balaban J connectivity index is 2.85. The third-order valence-electron chi connectivity index (χ3n) is 1.97. The monoisotopic (exact) mass is 173 g/mol. The van der Waals surface area contributed by atoms with Gasteiger partial charge in [0.1, 0.15) is 0 Å². The van der Waals surface area contributed by atoms with Crippen LogP contribution in [-0.4, -0.2) is 0 Å². The molecule has 0 spiro atoms. The third kappa shape index (κ3) is 2.36. The standard InChI is InChI=1S/C10H11N3/c1-8(9(2)12-13-11)10-6-4-3-5-7-10/h3-8H,2H2,1H3. The lowest BCUT2D eigenvalue weighted by molar-refractivity contribution is 0.879. The Kier molecular flexibility index (Phi) is 3.12. The van der Waals surface area contributed by atoms with Gasteiger partial charge in [-0.3, -0.25) is 0 Å². The van der Waals surface area contributed by atoms with Gasteiger partial charge in [0.15, 0.2) is 0 Å². The summed E-state index contributed by atoms with van der Waals surface area (Å²) < 4.78 is 0. The summed E-state index contributed by atoms with van der Waals surface area (Å²) in [5.74, 6) is 0.0806. The van der Waals surface area contributed by atoms with E-state index in [1.54, 1.807) is 0 Å². The minimum Gasteiger partial charge on any atom is -0.0930 e. The molecule has 66 valence electrons. The van der Waals surface area contributed by atoms with Crippen molar-refractivity contribution < 1.29 is 0 Å². The van der Waals surface area contributed by atoms with Gasteiger partial charge in [0.05, 0.1) is 0 Å². The number of hydrogen-bond donors (Lipinski definition) is 0. The average molecular weight is 173 g/mol. The first-order chi connectivity index (χ1) is 6.25. The first-order valence-electron chi connectivity index (χ1n) is 4.04. The van der Waals surface area contributed by atoms with Crippen molar-refractivity contribution in [3.05, 3.63) is 58.6 Å². The van der Waals surface area contributed by atoms with Gasteiger partial charge in [0.2, 0.25) is 0 Å². The highest BCUT2D eigenvalue weighted by Gasteiger charge is 2.06. The van der Waals surface area contributed by atoms with Gasteiger partial charge >= 0.3 is 0 Å². The number of benzene rings is 1. The maximum atomic E-state index is 8.23. The Hall–Kier alpha value is -1.73. The van der Waals surface area contributed by atoms with Crippen molar-refractivity contribution in [3.8, 4) is 0 Å². The second-order valence-electron chi connectivity index (χ2n) is 2.81. The summed E-state index contributed by atoms with van der Waals surface area (Å²) in [6.45, 7) is 5.66. The topological polar surface area (TPSA) is 48.8 Å². The summed E-state index contributed by atoms with van der Waals surface area (Å²) in [7, 11) is 0. The lowest BCUT2D eigenvalue weighted by Gasteiger charge is -2.09. The third-order valence-corrected chi connectivity index (χ3v) is 1.97. The number of azide groups is 1. The average Bonchev–Trinajstić information content (AvgIpc) is 2.18. The fourth-order valence-electron chi connectivity index (χ4n) is 1.08. The lowest BCUT2D eigenvalue weighted by Crippen LogP contribution is -1.93. The van der Waals surface area contributed by atoms with E-state index in [2.05, 4.69) is 16.6 Å². The van der Waals surface area contributed by atoms with Crippen LogP contribution >= 0.6 is 0 Å². The van der Waals surface area contributed by atoms with Crippen LogP contribution in [0, 0.1) is 0 Å². The highest BCUT2D eigenvalue weighted by Crippen LogP contribution is 2.22. The van der Waals surface area contributed by atoms with E-state index in [1.807, 2.05) is 37.3 Å².